The van der Waals surface area contributed by atoms with Crippen molar-refractivity contribution in [1.29, 1.82) is 0 Å². The molecule has 72 valence electrons. The second-order valence-electron chi connectivity index (χ2n) is 2.92. The van der Waals surface area contributed by atoms with E-state index >= 15 is 0 Å². The zero-order valence-electron chi connectivity index (χ0n) is 8.16. The van der Waals surface area contributed by atoms with E-state index < -0.39 is 6.23 Å². The van der Waals surface area contributed by atoms with Gasteiger partial charge in [0.25, 0.3) is 0 Å². The fraction of sp³-hybridized carbons (Fsp3) is 0.400. The molecule has 0 bridgehead atoms. The molecule has 0 spiro atoms. The number of hydrogen-bond acceptors (Lipinski definition) is 3. The van der Waals surface area contributed by atoms with Gasteiger partial charge in [-0.25, -0.2) is 0 Å². The minimum Gasteiger partial charge on any atom is -0.496 e. The van der Waals surface area contributed by atoms with Crippen LogP contribution in [0.5, 0.6) is 5.75 Å². The Kier molecular flexibility index (Phi) is 3.28. The molecule has 0 aliphatic heterocycles. The summed E-state index contributed by atoms with van der Waals surface area (Å²) in [4.78, 5) is 0. The Morgan fingerprint density at radius 3 is 2.62 bits per heavy atom. The molecule has 1 unspecified atom stereocenters. The lowest BCUT2D eigenvalue weighted by molar-refractivity contribution is 0.149. The molecule has 1 aromatic carbocycles. The number of aryl methyl sites for hydroxylation is 1. The highest BCUT2D eigenvalue weighted by Gasteiger charge is 2.05. The van der Waals surface area contributed by atoms with Crippen LogP contribution in [0.3, 0.4) is 0 Å². The molecular formula is C10H15NO2. The third kappa shape index (κ3) is 2.20. The van der Waals surface area contributed by atoms with Crippen LogP contribution in [0.2, 0.25) is 0 Å². The molecule has 0 saturated carbocycles. The predicted molar refractivity (Wildman–Crippen MR) is 51.8 cm³/mol. The van der Waals surface area contributed by atoms with Gasteiger partial charge in [0.05, 0.1) is 7.11 Å². The summed E-state index contributed by atoms with van der Waals surface area (Å²) in [5.74, 6) is 0.840. The lowest BCUT2D eigenvalue weighted by Crippen LogP contribution is -2.15. The van der Waals surface area contributed by atoms with Crippen LogP contribution in [0.1, 0.15) is 17.4 Å². The van der Waals surface area contributed by atoms with Crippen molar-refractivity contribution in [2.45, 2.75) is 13.2 Å². The first kappa shape index (κ1) is 10.0. The van der Waals surface area contributed by atoms with E-state index in [4.69, 9.17) is 4.74 Å². The zero-order chi connectivity index (χ0) is 9.84. The van der Waals surface area contributed by atoms with Crippen molar-refractivity contribution in [3.05, 3.63) is 29.3 Å². The third-order valence-electron chi connectivity index (χ3n) is 2.01. The van der Waals surface area contributed by atoms with Crippen LogP contribution < -0.4 is 10.1 Å². The molecule has 0 fully saturated rings. The molecule has 0 aliphatic rings. The molecular weight excluding hydrogens is 166 g/mol. The number of nitrogens with one attached hydrogen (secondary N) is 1. The van der Waals surface area contributed by atoms with Gasteiger partial charge in [0, 0.05) is 0 Å². The Bertz CT molecular complexity index is 286. The fourth-order valence-corrected chi connectivity index (χ4v) is 1.24. The van der Waals surface area contributed by atoms with E-state index in [9.17, 15) is 5.11 Å². The van der Waals surface area contributed by atoms with Crippen LogP contribution in [0, 0.1) is 6.92 Å². The fourth-order valence-electron chi connectivity index (χ4n) is 1.24. The predicted octanol–water partition coefficient (Wildman–Crippen LogP) is 1.21. The van der Waals surface area contributed by atoms with Gasteiger partial charge < -0.3 is 9.84 Å². The van der Waals surface area contributed by atoms with Gasteiger partial charge in [-0.05, 0) is 37.2 Å². The molecule has 0 radical (unpaired) electrons. The average Bonchev–Trinajstić information content (AvgIpc) is 2.16. The van der Waals surface area contributed by atoms with Crippen LogP contribution in [-0.4, -0.2) is 19.3 Å². The first-order chi connectivity index (χ1) is 6.19. The third-order valence-corrected chi connectivity index (χ3v) is 2.01. The molecule has 1 rings (SSSR count). The van der Waals surface area contributed by atoms with Crippen LogP contribution >= 0.6 is 0 Å². The molecule has 2 N–H and O–H groups in total. The first-order valence-corrected chi connectivity index (χ1v) is 4.19. The van der Waals surface area contributed by atoms with E-state index in [0.29, 0.717) is 0 Å². The summed E-state index contributed by atoms with van der Waals surface area (Å²) in [5, 5.41) is 12.2. The second kappa shape index (κ2) is 4.25. The Hall–Kier alpha value is -1.06. The number of ether oxygens (including phenoxy) is 1. The smallest absolute Gasteiger partial charge is 0.130 e. The van der Waals surface area contributed by atoms with Gasteiger partial charge in [0.15, 0.2) is 0 Å². The highest BCUT2D eigenvalue weighted by Crippen LogP contribution is 2.21. The largest absolute Gasteiger partial charge is 0.496 e. The van der Waals surface area contributed by atoms with E-state index in [0.717, 1.165) is 16.9 Å². The van der Waals surface area contributed by atoms with Gasteiger partial charge in [0.1, 0.15) is 12.0 Å². The van der Waals surface area contributed by atoms with Crippen molar-refractivity contribution in [3.63, 3.8) is 0 Å². The Labute approximate surface area is 78.3 Å². The number of hydrogen-bond donors (Lipinski definition) is 2. The van der Waals surface area contributed by atoms with Crippen molar-refractivity contribution in [3.8, 4) is 5.75 Å². The van der Waals surface area contributed by atoms with Gasteiger partial charge in [0.2, 0.25) is 0 Å². The Balaban J connectivity index is 2.95. The molecule has 1 atom stereocenters. The maximum atomic E-state index is 9.47. The molecule has 1 aromatic rings. The van der Waals surface area contributed by atoms with Crippen LogP contribution in [-0.2, 0) is 0 Å². The lowest BCUT2D eigenvalue weighted by atomic mass is 10.1. The van der Waals surface area contributed by atoms with Crippen molar-refractivity contribution in [2.24, 2.45) is 0 Å². The van der Waals surface area contributed by atoms with Crippen LogP contribution in [0.4, 0.5) is 0 Å². The highest BCUT2D eigenvalue weighted by molar-refractivity contribution is 5.36. The quantitative estimate of drug-likeness (QED) is 0.689. The highest BCUT2D eigenvalue weighted by atomic mass is 16.5. The Morgan fingerprint density at radius 1 is 1.46 bits per heavy atom. The molecule has 0 amide bonds. The average molecular weight is 181 g/mol. The van der Waals surface area contributed by atoms with E-state index in [1.165, 1.54) is 0 Å². The number of benzene rings is 1. The minimum absolute atomic E-state index is 0.607. The van der Waals surface area contributed by atoms with E-state index in [1.54, 1.807) is 14.2 Å². The minimum atomic E-state index is -0.607. The zero-order valence-corrected chi connectivity index (χ0v) is 8.16. The number of aliphatic hydroxyl groups excluding tert-OH is 1. The number of methoxy groups -OCH3 is 1. The molecule has 3 nitrogen and oxygen atoms in total. The first-order valence-electron chi connectivity index (χ1n) is 4.19. The molecule has 0 heterocycles. The Morgan fingerprint density at radius 2 is 2.15 bits per heavy atom. The van der Waals surface area contributed by atoms with Crippen molar-refractivity contribution < 1.29 is 9.84 Å². The van der Waals surface area contributed by atoms with Gasteiger partial charge in [-0.2, -0.15) is 0 Å². The SMILES string of the molecule is CNC(O)c1ccc(OC)c(C)c1. The monoisotopic (exact) mass is 181 g/mol. The summed E-state index contributed by atoms with van der Waals surface area (Å²) in [5.41, 5.74) is 1.87. The molecule has 0 aliphatic carbocycles. The normalized spacial score (nSPS) is 12.6. The number of aliphatic hydroxyl groups is 1. The van der Waals surface area contributed by atoms with Crippen molar-refractivity contribution in [1.82, 2.24) is 5.32 Å². The van der Waals surface area contributed by atoms with Gasteiger partial charge in [-0.3, -0.25) is 5.32 Å². The summed E-state index contributed by atoms with van der Waals surface area (Å²) >= 11 is 0. The second-order valence-corrected chi connectivity index (χ2v) is 2.92. The van der Waals surface area contributed by atoms with Crippen LogP contribution in [0.25, 0.3) is 0 Å². The maximum Gasteiger partial charge on any atom is 0.130 e. The van der Waals surface area contributed by atoms with E-state index in [1.807, 2.05) is 25.1 Å². The van der Waals surface area contributed by atoms with E-state index in [2.05, 4.69) is 5.32 Å². The topological polar surface area (TPSA) is 41.5 Å². The summed E-state index contributed by atoms with van der Waals surface area (Å²) in [6.45, 7) is 1.95. The molecule has 3 heteroatoms. The molecule has 0 aromatic heterocycles. The van der Waals surface area contributed by atoms with Crippen molar-refractivity contribution in [2.75, 3.05) is 14.2 Å². The van der Waals surface area contributed by atoms with Gasteiger partial charge in [-0.1, -0.05) is 6.07 Å². The number of rotatable bonds is 3. The summed E-state index contributed by atoms with van der Waals surface area (Å²) in [6.07, 6.45) is -0.607. The summed E-state index contributed by atoms with van der Waals surface area (Å²) in [6, 6.07) is 5.60. The summed E-state index contributed by atoms with van der Waals surface area (Å²) < 4.78 is 5.11. The maximum absolute atomic E-state index is 9.47. The van der Waals surface area contributed by atoms with Gasteiger partial charge in [-0.15, -0.1) is 0 Å². The van der Waals surface area contributed by atoms with E-state index in [-0.39, 0.29) is 0 Å². The van der Waals surface area contributed by atoms with Crippen molar-refractivity contribution >= 4 is 0 Å². The van der Waals surface area contributed by atoms with Crippen LogP contribution in [0.15, 0.2) is 18.2 Å². The molecule has 0 saturated heterocycles. The van der Waals surface area contributed by atoms with Gasteiger partial charge >= 0.3 is 0 Å². The lowest BCUT2D eigenvalue weighted by Gasteiger charge is -2.11. The molecule has 13 heavy (non-hydrogen) atoms. The standard InChI is InChI=1S/C10H15NO2/c1-7-6-8(10(12)11-2)4-5-9(7)13-3/h4-6,10-12H,1-3H3. The summed E-state index contributed by atoms with van der Waals surface area (Å²) in [7, 11) is 3.35.